The number of hydrogen-bond acceptors (Lipinski definition) is 2. The van der Waals surface area contributed by atoms with Crippen molar-refractivity contribution in [3.05, 3.63) is 121 Å². The van der Waals surface area contributed by atoms with E-state index >= 15 is 0 Å². The van der Waals surface area contributed by atoms with Crippen molar-refractivity contribution in [1.29, 1.82) is 0 Å². The van der Waals surface area contributed by atoms with Crippen molar-refractivity contribution in [2.45, 2.75) is 0 Å². The molecule has 5 aromatic carbocycles. The van der Waals surface area contributed by atoms with Crippen LogP contribution in [0.25, 0.3) is 42.4 Å². The van der Waals surface area contributed by atoms with E-state index in [-0.39, 0.29) is 0 Å². The molecule has 6 aromatic rings. The van der Waals surface area contributed by atoms with Crippen LogP contribution in [0.2, 0.25) is 0 Å². The van der Waals surface area contributed by atoms with Gasteiger partial charge in [0.15, 0.2) is 0 Å². The van der Waals surface area contributed by atoms with Crippen molar-refractivity contribution in [2.75, 3.05) is 5.32 Å². The monoisotopic (exact) mass is 427 g/mol. The Morgan fingerprint density at radius 2 is 1.00 bits per heavy atom. The summed E-state index contributed by atoms with van der Waals surface area (Å²) < 4.78 is 2.68. The highest BCUT2D eigenvalue weighted by molar-refractivity contribution is 7.25. The van der Waals surface area contributed by atoms with Gasteiger partial charge in [0.2, 0.25) is 0 Å². The summed E-state index contributed by atoms with van der Waals surface area (Å²) >= 11 is 1.86. The smallest absolute Gasteiger partial charge is 0.0390 e. The van der Waals surface area contributed by atoms with E-state index in [2.05, 4.69) is 121 Å². The van der Waals surface area contributed by atoms with Gasteiger partial charge in [0.05, 0.1) is 0 Å². The molecule has 0 atom stereocenters. The standard InChI is InChI=1S/C30H21NS/c1-2-8-21(9-3-1)22-10-6-12-25(18-22)31-26-13-7-11-23(19-26)24-16-17-30-28(20-24)27-14-4-5-15-29(27)32-30/h1-20,31H. The van der Waals surface area contributed by atoms with Gasteiger partial charge in [0, 0.05) is 31.5 Å². The molecular weight excluding hydrogens is 406 g/mol. The number of thiophene rings is 1. The van der Waals surface area contributed by atoms with Crippen LogP contribution >= 0.6 is 11.3 Å². The molecule has 1 heterocycles. The highest BCUT2D eigenvalue weighted by Gasteiger charge is 2.07. The van der Waals surface area contributed by atoms with Gasteiger partial charge in [-0.2, -0.15) is 0 Å². The maximum Gasteiger partial charge on any atom is 0.0390 e. The normalized spacial score (nSPS) is 11.1. The van der Waals surface area contributed by atoms with E-state index in [9.17, 15) is 0 Å². The molecule has 6 rings (SSSR count). The predicted octanol–water partition coefficient (Wildman–Crippen LogP) is 9.13. The van der Waals surface area contributed by atoms with E-state index in [0.29, 0.717) is 0 Å². The minimum Gasteiger partial charge on any atom is -0.355 e. The maximum absolute atomic E-state index is 3.59. The summed E-state index contributed by atoms with van der Waals surface area (Å²) in [4.78, 5) is 0. The lowest BCUT2D eigenvalue weighted by molar-refractivity contribution is 1.53. The molecule has 0 aliphatic carbocycles. The topological polar surface area (TPSA) is 12.0 Å². The number of nitrogens with one attached hydrogen (secondary N) is 1. The number of benzene rings is 5. The fraction of sp³-hybridized carbons (Fsp3) is 0. The Kier molecular flexibility index (Phi) is 4.71. The molecule has 0 fully saturated rings. The van der Waals surface area contributed by atoms with Crippen molar-refractivity contribution >= 4 is 42.9 Å². The fourth-order valence-corrected chi connectivity index (χ4v) is 5.34. The van der Waals surface area contributed by atoms with Crippen molar-refractivity contribution in [3.8, 4) is 22.3 Å². The van der Waals surface area contributed by atoms with Gasteiger partial charge in [-0.1, -0.05) is 78.9 Å². The quantitative estimate of drug-likeness (QED) is 0.296. The molecule has 0 amide bonds. The van der Waals surface area contributed by atoms with Gasteiger partial charge in [-0.3, -0.25) is 0 Å². The minimum atomic E-state index is 1.09. The van der Waals surface area contributed by atoms with Crippen molar-refractivity contribution in [2.24, 2.45) is 0 Å². The van der Waals surface area contributed by atoms with Gasteiger partial charge in [-0.05, 0) is 64.7 Å². The Morgan fingerprint density at radius 1 is 0.406 bits per heavy atom. The van der Waals surface area contributed by atoms with E-state index in [4.69, 9.17) is 0 Å². The summed E-state index contributed by atoms with van der Waals surface area (Å²) in [5.41, 5.74) is 7.06. The lowest BCUT2D eigenvalue weighted by Gasteiger charge is -2.11. The van der Waals surface area contributed by atoms with E-state index < -0.39 is 0 Å². The van der Waals surface area contributed by atoms with Crippen LogP contribution in [0, 0.1) is 0 Å². The Bertz CT molecular complexity index is 1550. The average molecular weight is 428 g/mol. The molecule has 0 saturated heterocycles. The molecule has 0 aliphatic heterocycles. The van der Waals surface area contributed by atoms with E-state index in [1.54, 1.807) is 0 Å². The van der Waals surface area contributed by atoms with Gasteiger partial charge < -0.3 is 5.32 Å². The third-order valence-corrected chi connectivity index (χ3v) is 6.98. The Labute approximate surface area is 191 Å². The summed E-state index contributed by atoms with van der Waals surface area (Å²) in [7, 11) is 0. The first-order valence-corrected chi connectivity index (χ1v) is 11.6. The van der Waals surface area contributed by atoms with Crippen LogP contribution in [0.15, 0.2) is 121 Å². The number of anilines is 2. The second-order valence-electron chi connectivity index (χ2n) is 7.96. The van der Waals surface area contributed by atoms with E-state index in [1.807, 2.05) is 17.4 Å². The molecule has 152 valence electrons. The van der Waals surface area contributed by atoms with Crippen molar-refractivity contribution in [1.82, 2.24) is 0 Å². The van der Waals surface area contributed by atoms with Crippen molar-refractivity contribution < 1.29 is 0 Å². The Morgan fingerprint density at radius 3 is 1.78 bits per heavy atom. The maximum atomic E-state index is 3.59. The lowest BCUT2D eigenvalue weighted by Crippen LogP contribution is -1.91. The number of rotatable bonds is 4. The van der Waals surface area contributed by atoms with Gasteiger partial charge >= 0.3 is 0 Å². The molecule has 32 heavy (non-hydrogen) atoms. The average Bonchev–Trinajstić information content (AvgIpc) is 3.23. The molecule has 1 N–H and O–H groups in total. The summed E-state index contributed by atoms with van der Waals surface area (Å²) in [6.07, 6.45) is 0. The third-order valence-electron chi connectivity index (χ3n) is 5.83. The zero-order valence-corrected chi connectivity index (χ0v) is 18.3. The van der Waals surface area contributed by atoms with Crippen LogP contribution in [-0.4, -0.2) is 0 Å². The molecular formula is C30H21NS. The summed E-state index contributed by atoms with van der Waals surface area (Å²) in [6.45, 7) is 0. The molecule has 0 radical (unpaired) electrons. The Hall–Kier alpha value is -3.88. The molecule has 2 heteroatoms. The second-order valence-corrected chi connectivity index (χ2v) is 9.05. The van der Waals surface area contributed by atoms with Gasteiger partial charge in [-0.25, -0.2) is 0 Å². The summed E-state index contributed by atoms with van der Waals surface area (Å²) in [5.74, 6) is 0. The largest absolute Gasteiger partial charge is 0.355 e. The molecule has 0 saturated carbocycles. The van der Waals surface area contributed by atoms with Crippen LogP contribution in [0.4, 0.5) is 11.4 Å². The predicted molar refractivity (Wildman–Crippen MR) is 140 cm³/mol. The summed E-state index contributed by atoms with van der Waals surface area (Å²) in [6, 6.07) is 43.2. The minimum absolute atomic E-state index is 1.09. The fourth-order valence-electron chi connectivity index (χ4n) is 4.26. The van der Waals surface area contributed by atoms with Crippen LogP contribution in [0.1, 0.15) is 0 Å². The van der Waals surface area contributed by atoms with Gasteiger partial charge in [0.1, 0.15) is 0 Å². The molecule has 0 aliphatic rings. The number of fused-ring (bicyclic) bond motifs is 3. The first-order chi connectivity index (χ1) is 15.8. The first kappa shape index (κ1) is 18.9. The second kappa shape index (κ2) is 7.99. The van der Waals surface area contributed by atoms with Crippen LogP contribution in [0.5, 0.6) is 0 Å². The molecule has 0 spiro atoms. The highest BCUT2D eigenvalue weighted by Crippen LogP contribution is 2.36. The Balaban J connectivity index is 1.33. The molecule has 0 unspecified atom stereocenters. The zero-order chi connectivity index (χ0) is 21.3. The van der Waals surface area contributed by atoms with Crippen LogP contribution in [0.3, 0.4) is 0 Å². The molecule has 0 bridgehead atoms. The highest BCUT2D eigenvalue weighted by atomic mass is 32.1. The van der Waals surface area contributed by atoms with Crippen LogP contribution in [-0.2, 0) is 0 Å². The van der Waals surface area contributed by atoms with Gasteiger partial charge in [-0.15, -0.1) is 11.3 Å². The van der Waals surface area contributed by atoms with Crippen LogP contribution < -0.4 is 5.32 Å². The van der Waals surface area contributed by atoms with E-state index in [1.165, 1.54) is 42.4 Å². The third kappa shape index (κ3) is 3.55. The number of hydrogen-bond donors (Lipinski definition) is 1. The first-order valence-electron chi connectivity index (χ1n) is 10.8. The SMILES string of the molecule is c1ccc(-c2cccc(Nc3cccc(-c4ccc5sc6ccccc6c5c4)c3)c2)cc1. The molecule has 1 aromatic heterocycles. The van der Waals surface area contributed by atoms with Gasteiger partial charge in [0.25, 0.3) is 0 Å². The summed E-state index contributed by atoms with van der Waals surface area (Å²) in [5, 5.41) is 6.25. The molecule has 1 nitrogen and oxygen atoms in total. The van der Waals surface area contributed by atoms with E-state index in [0.717, 1.165) is 11.4 Å². The lowest BCUT2D eigenvalue weighted by atomic mass is 10.0. The zero-order valence-electron chi connectivity index (χ0n) is 17.5. The van der Waals surface area contributed by atoms with Crippen molar-refractivity contribution in [3.63, 3.8) is 0 Å².